The van der Waals surface area contributed by atoms with Gasteiger partial charge in [-0.25, -0.2) is 4.39 Å². The summed E-state index contributed by atoms with van der Waals surface area (Å²) in [7, 11) is 0. The Kier molecular flexibility index (Phi) is 6.09. The van der Waals surface area contributed by atoms with Gasteiger partial charge in [-0.3, -0.25) is 9.59 Å². The van der Waals surface area contributed by atoms with E-state index >= 15 is 0 Å². The van der Waals surface area contributed by atoms with Crippen molar-refractivity contribution >= 4 is 34.0 Å². The molecule has 4 nitrogen and oxygen atoms in total. The van der Waals surface area contributed by atoms with Gasteiger partial charge in [0.25, 0.3) is 0 Å². The molecule has 0 aliphatic rings. The van der Waals surface area contributed by atoms with E-state index in [1.807, 2.05) is 50.2 Å². The highest BCUT2D eigenvalue weighted by atomic mass is 35.5. The molecule has 6 heteroatoms. The SMILES string of the molecule is CC(=O)c1c(F)ccc(Cl)c1NC(C)c1cc(C)cc2c(=O)c(C)c(-c3ccccc3)oc12. The number of hydrogen-bond acceptors (Lipinski definition) is 4. The van der Waals surface area contributed by atoms with Crippen LogP contribution in [0.1, 0.15) is 46.9 Å². The zero-order valence-corrected chi connectivity index (χ0v) is 19.5. The smallest absolute Gasteiger partial charge is 0.196 e. The van der Waals surface area contributed by atoms with Gasteiger partial charge >= 0.3 is 0 Å². The highest BCUT2D eigenvalue weighted by molar-refractivity contribution is 6.34. The van der Waals surface area contributed by atoms with Gasteiger partial charge in [0, 0.05) is 16.7 Å². The summed E-state index contributed by atoms with van der Waals surface area (Å²) in [5, 5.41) is 3.87. The zero-order valence-electron chi connectivity index (χ0n) is 18.8. The Morgan fingerprint density at radius 2 is 1.79 bits per heavy atom. The number of carbonyl (C=O) groups is 1. The van der Waals surface area contributed by atoms with E-state index in [4.69, 9.17) is 16.0 Å². The Morgan fingerprint density at radius 3 is 2.45 bits per heavy atom. The number of hydrogen-bond donors (Lipinski definition) is 1. The molecule has 0 bridgehead atoms. The number of fused-ring (bicyclic) bond motifs is 1. The molecule has 0 saturated carbocycles. The van der Waals surface area contributed by atoms with E-state index in [0.717, 1.165) is 11.1 Å². The van der Waals surface area contributed by atoms with Crippen LogP contribution >= 0.6 is 11.6 Å². The molecule has 1 aromatic heterocycles. The van der Waals surface area contributed by atoms with Crippen LogP contribution in [0, 0.1) is 19.7 Å². The summed E-state index contributed by atoms with van der Waals surface area (Å²) in [5.74, 6) is -0.588. The van der Waals surface area contributed by atoms with Crippen LogP contribution in [0.15, 0.2) is 63.8 Å². The van der Waals surface area contributed by atoms with Gasteiger partial charge in [-0.2, -0.15) is 0 Å². The number of carbonyl (C=O) groups excluding carboxylic acids is 1. The molecule has 4 aromatic rings. The van der Waals surface area contributed by atoms with Crippen LogP contribution in [0.4, 0.5) is 10.1 Å². The lowest BCUT2D eigenvalue weighted by atomic mass is 9.98. The van der Waals surface area contributed by atoms with Gasteiger partial charge in [-0.15, -0.1) is 0 Å². The summed E-state index contributed by atoms with van der Waals surface area (Å²) in [4.78, 5) is 25.4. The van der Waals surface area contributed by atoms with Crippen molar-refractivity contribution < 1.29 is 13.6 Å². The minimum absolute atomic E-state index is 0.103. The molecule has 168 valence electrons. The molecule has 3 aromatic carbocycles. The number of ketones is 1. The first-order valence-corrected chi connectivity index (χ1v) is 11.0. The van der Waals surface area contributed by atoms with Gasteiger partial charge in [0.05, 0.1) is 27.7 Å². The maximum Gasteiger partial charge on any atom is 0.196 e. The van der Waals surface area contributed by atoms with Crippen molar-refractivity contribution in [2.75, 3.05) is 5.32 Å². The topological polar surface area (TPSA) is 59.3 Å². The summed E-state index contributed by atoms with van der Waals surface area (Å²) in [6.45, 7) is 6.79. The summed E-state index contributed by atoms with van der Waals surface area (Å²) in [5.41, 5.74) is 3.34. The largest absolute Gasteiger partial charge is 0.455 e. The van der Waals surface area contributed by atoms with E-state index in [9.17, 15) is 14.0 Å². The van der Waals surface area contributed by atoms with Gasteiger partial charge in [0.2, 0.25) is 0 Å². The lowest BCUT2D eigenvalue weighted by molar-refractivity contribution is 0.101. The average Bonchev–Trinajstić information content (AvgIpc) is 2.78. The number of anilines is 1. The fourth-order valence-corrected chi connectivity index (χ4v) is 4.30. The molecular formula is C27H23ClFNO3. The molecule has 0 fully saturated rings. The van der Waals surface area contributed by atoms with E-state index < -0.39 is 17.6 Å². The van der Waals surface area contributed by atoms with Crippen molar-refractivity contribution in [2.24, 2.45) is 0 Å². The first kappa shape index (κ1) is 22.7. The van der Waals surface area contributed by atoms with Crippen molar-refractivity contribution in [2.45, 2.75) is 33.7 Å². The second-order valence-corrected chi connectivity index (χ2v) is 8.59. The fraction of sp³-hybridized carbons (Fsp3) is 0.185. The van der Waals surface area contributed by atoms with Gasteiger partial charge in [-0.05, 0) is 51.5 Å². The van der Waals surface area contributed by atoms with Crippen LogP contribution in [0.3, 0.4) is 0 Å². The first-order chi connectivity index (χ1) is 15.7. The molecule has 0 amide bonds. The Morgan fingerprint density at radius 1 is 1.09 bits per heavy atom. The molecule has 1 heterocycles. The quantitative estimate of drug-likeness (QED) is 0.317. The molecule has 1 unspecified atom stereocenters. The molecule has 0 aliphatic carbocycles. The molecule has 33 heavy (non-hydrogen) atoms. The monoisotopic (exact) mass is 463 g/mol. The van der Waals surface area contributed by atoms with Gasteiger partial charge in [0.15, 0.2) is 11.2 Å². The molecule has 0 saturated heterocycles. The van der Waals surface area contributed by atoms with Crippen LogP contribution in [-0.4, -0.2) is 5.78 Å². The van der Waals surface area contributed by atoms with E-state index in [1.54, 1.807) is 13.0 Å². The molecule has 0 radical (unpaired) electrons. The molecular weight excluding hydrogens is 441 g/mol. The van der Waals surface area contributed by atoms with Crippen molar-refractivity contribution in [3.8, 4) is 11.3 Å². The molecule has 0 spiro atoms. The standard InChI is InChI=1S/C27H23ClFNO3/c1-14-12-19(16(3)30-24-21(28)10-11-22(29)23(24)17(4)31)27-20(13-14)25(32)15(2)26(33-27)18-8-6-5-7-9-18/h5-13,16,30H,1-4H3. The fourth-order valence-electron chi connectivity index (χ4n) is 4.09. The number of nitrogens with one attached hydrogen (secondary N) is 1. The summed E-state index contributed by atoms with van der Waals surface area (Å²) in [6, 6.07) is 15.3. The summed E-state index contributed by atoms with van der Waals surface area (Å²) < 4.78 is 20.7. The number of aryl methyl sites for hydroxylation is 1. The zero-order chi connectivity index (χ0) is 23.9. The Labute approximate surface area is 196 Å². The second kappa shape index (κ2) is 8.83. The van der Waals surface area contributed by atoms with Crippen molar-refractivity contribution in [1.29, 1.82) is 0 Å². The number of benzene rings is 3. The van der Waals surface area contributed by atoms with Crippen LogP contribution in [0.5, 0.6) is 0 Å². The third-order valence-electron chi connectivity index (χ3n) is 5.71. The number of halogens is 2. The maximum absolute atomic E-state index is 14.4. The average molecular weight is 464 g/mol. The van der Waals surface area contributed by atoms with Crippen molar-refractivity contribution in [1.82, 2.24) is 0 Å². The summed E-state index contributed by atoms with van der Waals surface area (Å²) in [6.07, 6.45) is 0. The van der Waals surface area contributed by atoms with Crippen LogP contribution in [-0.2, 0) is 0 Å². The highest BCUT2D eigenvalue weighted by Crippen LogP contribution is 2.35. The van der Waals surface area contributed by atoms with Gasteiger partial charge in [-0.1, -0.05) is 48.0 Å². The number of Topliss-reactive ketones (excluding diaryl/α,β-unsaturated/α-hetero) is 1. The van der Waals surface area contributed by atoms with Crippen molar-refractivity contribution in [3.63, 3.8) is 0 Å². The van der Waals surface area contributed by atoms with E-state index in [2.05, 4.69) is 5.32 Å². The Balaban J connectivity index is 1.92. The van der Waals surface area contributed by atoms with E-state index in [0.29, 0.717) is 27.9 Å². The summed E-state index contributed by atoms with van der Waals surface area (Å²) >= 11 is 6.32. The molecule has 1 atom stereocenters. The molecule has 4 rings (SSSR count). The first-order valence-electron chi connectivity index (χ1n) is 10.6. The lowest BCUT2D eigenvalue weighted by Crippen LogP contribution is -2.14. The predicted molar refractivity (Wildman–Crippen MR) is 131 cm³/mol. The number of rotatable bonds is 5. The van der Waals surface area contributed by atoms with E-state index in [1.165, 1.54) is 19.1 Å². The molecule has 1 N–H and O–H groups in total. The van der Waals surface area contributed by atoms with Gasteiger partial charge in [0.1, 0.15) is 17.2 Å². The van der Waals surface area contributed by atoms with Crippen LogP contribution in [0.2, 0.25) is 5.02 Å². The third kappa shape index (κ3) is 4.16. The van der Waals surface area contributed by atoms with Crippen LogP contribution < -0.4 is 10.7 Å². The Bertz CT molecular complexity index is 1440. The van der Waals surface area contributed by atoms with Gasteiger partial charge < -0.3 is 9.73 Å². The van der Waals surface area contributed by atoms with Crippen LogP contribution in [0.25, 0.3) is 22.3 Å². The van der Waals surface area contributed by atoms with E-state index in [-0.39, 0.29) is 21.7 Å². The van der Waals surface area contributed by atoms with Crippen molar-refractivity contribution in [3.05, 3.63) is 97.9 Å². The lowest BCUT2D eigenvalue weighted by Gasteiger charge is -2.21. The Hall–Kier alpha value is -3.44. The maximum atomic E-state index is 14.4. The second-order valence-electron chi connectivity index (χ2n) is 8.18. The highest BCUT2D eigenvalue weighted by Gasteiger charge is 2.22. The minimum Gasteiger partial charge on any atom is -0.455 e. The normalized spacial score (nSPS) is 12.1. The minimum atomic E-state index is -0.649. The molecule has 0 aliphatic heterocycles. The predicted octanol–water partition coefficient (Wildman–Crippen LogP) is 7.25. The third-order valence-corrected chi connectivity index (χ3v) is 6.03.